The molecule has 36 heavy (non-hydrogen) atoms. The van der Waals surface area contributed by atoms with Gasteiger partial charge in [0.15, 0.2) is 12.4 Å². The molecule has 1 aromatic heterocycles. The summed E-state index contributed by atoms with van der Waals surface area (Å²) in [5.74, 6) is 0.871. The lowest BCUT2D eigenvalue weighted by molar-refractivity contribution is -0.177. The molecule has 4 atom stereocenters. The molecule has 5 aliphatic rings. The van der Waals surface area contributed by atoms with Crippen molar-refractivity contribution in [1.82, 2.24) is 9.80 Å². The Morgan fingerprint density at radius 1 is 0.944 bits per heavy atom. The Morgan fingerprint density at radius 2 is 1.61 bits per heavy atom. The third-order valence-electron chi connectivity index (χ3n) is 9.14. The molecule has 0 spiro atoms. The summed E-state index contributed by atoms with van der Waals surface area (Å²) in [5.41, 5.74) is 2.20. The van der Waals surface area contributed by atoms with Crippen LogP contribution in [0.3, 0.4) is 0 Å². The van der Waals surface area contributed by atoms with Crippen molar-refractivity contribution < 1.29 is 23.5 Å². The van der Waals surface area contributed by atoms with Crippen molar-refractivity contribution in [2.45, 2.75) is 50.9 Å². The number of ether oxygens (including phenoxy) is 1. The number of hydrogen-bond acceptors (Lipinski definition) is 5. The molecule has 5 fully saturated rings. The van der Waals surface area contributed by atoms with Gasteiger partial charge in [-0.3, -0.25) is 14.4 Å². The van der Waals surface area contributed by atoms with Gasteiger partial charge in [0, 0.05) is 26.2 Å². The number of carbonyl (C=O) groups excluding carboxylic acids is 3. The highest BCUT2D eigenvalue weighted by molar-refractivity contribution is 5.91. The van der Waals surface area contributed by atoms with E-state index in [1.54, 1.807) is 21.9 Å². The molecular formula is C29H34N2O5. The van der Waals surface area contributed by atoms with Gasteiger partial charge in [-0.1, -0.05) is 29.8 Å². The maximum atomic E-state index is 13.5. The molecule has 4 saturated carbocycles. The van der Waals surface area contributed by atoms with Crippen molar-refractivity contribution in [3.63, 3.8) is 0 Å². The van der Waals surface area contributed by atoms with E-state index >= 15 is 0 Å². The van der Waals surface area contributed by atoms with Crippen molar-refractivity contribution in [1.29, 1.82) is 0 Å². The van der Waals surface area contributed by atoms with Crippen LogP contribution in [0.25, 0.3) is 0 Å². The second-order valence-corrected chi connectivity index (χ2v) is 11.6. The molecule has 2 heterocycles. The fourth-order valence-corrected chi connectivity index (χ4v) is 7.83. The van der Waals surface area contributed by atoms with Crippen molar-refractivity contribution in [3.05, 3.63) is 59.5 Å². The molecule has 190 valence electrons. The standard InChI is InChI=1S/C29H34N2O5/c1-20-4-6-23(7-5-20)28-14-21-13-22(15-28)17-29(16-21,19-28)27(34)36-18-25(32)30-8-10-31(11-9-30)26(33)24-3-2-12-35-24/h2-7,12,21-22H,8-11,13-19H2,1H3/t21-,22+,28?,29?. The number of carbonyl (C=O) groups is 3. The van der Waals surface area contributed by atoms with Crippen LogP contribution < -0.4 is 0 Å². The molecule has 1 aliphatic heterocycles. The first-order valence-electron chi connectivity index (χ1n) is 13.2. The average molecular weight is 491 g/mol. The van der Waals surface area contributed by atoms with Gasteiger partial charge in [0.05, 0.1) is 11.7 Å². The van der Waals surface area contributed by atoms with Gasteiger partial charge >= 0.3 is 5.97 Å². The lowest BCUT2D eigenvalue weighted by atomic mass is 9.43. The van der Waals surface area contributed by atoms with Gasteiger partial charge < -0.3 is 19.0 Å². The molecule has 1 saturated heterocycles. The van der Waals surface area contributed by atoms with Gasteiger partial charge in [0.2, 0.25) is 0 Å². The lowest BCUT2D eigenvalue weighted by Crippen LogP contribution is -2.57. The Labute approximate surface area is 211 Å². The summed E-state index contributed by atoms with van der Waals surface area (Å²) >= 11 is 0. The number of piperazine rings is 1. The van der Waals surface area contributed by atoms with E-state index in [2.05, 4.69) is 31.2 Å². The van der Waals surface area contributed by atoms with E-state index in [4.69, 9.17) is 9.15 Å². The number of esters is 1. The van der Waals surface area contributed by atoms with E-state index in [0.29, 0.717) is 43.8 Å². The van der Waals surface area contributed by atoms with E-state index in [9.17, 15) is 14.4 Å². The second kappa shape index (κ2) is 8.79. The lowest BCUT2D eigenvalue weighted by Gasteiger charge is -2.61. The van der Waals surface area contributed by atoms with Crippen LogP contribution in [0.1, 0.15) is 60.2 Å². The van der Waals surface area contributed by atoms with Crippen molar-refractivity contribution >= 4 is 17.8 Å². The minimum absolute atomic E-state index is 0.0532. The third-order valence-corrected chi connectivity index (χ3v) is 9.14. The van der Waals surface area contributed by atoms with Crippen LogP contribution in [0, 0.1) is 24.2 Å². The summed E-state index contributed by atoms with van der Waals surface area (Å²) in [6, 6.07) is 12.2. The molecule has 7 nitrogen and oxygen atoms in total. The molecule has 7 heteroatoms. The summed E-state index contributed by atoms with van der Waals surface area (Å²) in [6.45, 7) is 3.61. The molecule has 0 N–H and O–H groups in total. The predicted molar refractivity (Wildman–Crippen MR) is 132 cm³/mol. The molecule has 1 aromatic carbocycles. The summed E-state index contributed by atoms with van der Waals surface area (Å²) in [5, 5.41) is 0. The van der Waals surface area contributed by atoms with Crippen LogP contribution in [0.5, 0.6) is 0 Å². The molecule has 2 unspecified atom stereocenters. The Kier molecular flexibility index (Phi) is 5.69. The van der Waals surface area contributed by atoms with E-state index in [0.717, 1.165) is 32.1 Å². The Balaban J connectivity index is 1.07. The summed E-state index contributed by atoms with van der Waals surface area (Å²) < 4.78 is 10.9. The topological polar surface area (TPSA) is 80.1 Å². The van der Waals surface area contributed by atoms with E-state index in [-0.39, 0.29) is 29.8 Å². The largest absolute Gasteiger partial charge is 0.459 e. The zero-order chi connectivity index (χ0) is 24.9. The summed E-state index contributed by atoms with van der Waals surface area (Å²) in [4.78, 5) is 42.2. The van der Waals surface area contributed by atoms with Gasteiger partial charge in [-0.25, -0.2) is 0 Å². The number of nitrogens with zero attached hydrogens (tertiary/aromatic N) is 2. The fourth-order valence-electron chi connectivity index (χ4n) is 7.83. The Hall–Kier alpha value is -3.09. The average Bonchev–Trinajstić information content (AvgIpc) is 3.41. The van der Waals surface area contributed by atoms with Crippen LogP contribution in [-0.2, 0) is 19.7 Å². The number of rotatable bonds is 5. The highest BCUT2D eigenvalue weighted by atomic mass is 16.5. The minimum atomic E-state index is -0.469. The number of hydrogen-bond donors (Lipinski definition) is 0. The van der Waals surface area contributed by atoms with Crippen LogP contribution in [0.2, 0.25) is 0 Å². The maximum Gasteiger partial charge on any atom is 0.312 e. The number of amides is 2. The van der Waals surface area contributed by atoms with Crippen LogP contribution >= 0.6 is 0 Å². The highest BCUT2D eigenvalue weighted by Crippen LogP contribution is 2.66. The third kappa shape index (κ3) is 4.02. The van der Waals surface area contributed by atoms with Crippen LogP contribution in [-0.4, -0.2) is 60.4 Å². The predicted octanol–water partition coefficient (Wildman–Crippen LogP) is 3.95. The zero-order valence-electron chi connectivity index (χ0n) is 20.9. The number of aryl methyl sites for hydroxylation is 1. The van der Waals surface area contributed by atoms with Gasteiger partial charge in [-0.2, -0.15) is 0 Å². The maximum absolute atomic E-state index is 13.5. The zero-order valence-corrected chi connectivity index (χ0v) is 20.9. The minimum Gasteiger partial charge on any atom is -0.459 e. The number of benzene rings is 1. The van der Waals surface area contributed by atoms with Crippen molar-refractivity contribution in [3.8, 4) is 0 Å². The molecule has 4 aliphatic carbocycles. The monoisotopic (exact) mass is 490 g/mol. The first-order valence-corrected chi connectivity index (χ1v) is 13.2. The van der Waals surface area contributed by atoms with Crippen molar-refractivity contribution in [2.75, 3.05) is 32.8 Å². The Morgan fingerprint density at radius 3 is 2.25 bits per heavy atom. The molecule has 2 amide bonds. The van der Waals surface area contributed by atoms with E-state index in [1.807, 2.05) is 0 Å². The van der Waals surface area contributed by atoms with Crippen LogP contribution in [0.15, 0.2) is 47.1 Å². The van der Waals surface area contributed by atoms with Gasteiger partial charge in [0.25, 0.3) is 11.8 Å². The van der Waals surface area contributed by atoms with Gasteiger partial charge in [-0.15, -0.1) is 0 Å². The van der Waals surface area contributed by atoms with E-state index < -0.39 is 5.41 Å². The smallest absolute Gasteiger partial charge is 0.312 e. The van der Waals surface area contributed by atoms with Gasteiger partial charge in [0.1, 0.15) is 0 Å². The normalized spacial score (nSPS) is 30.9. The SMILES string of the molecule is Cc1ccc(C23C[C@@H]4C[C@@H](CC(C(=O)OCC(=O)N5CCN(C(=O)c6ccco6)CC5)(C4)C2)C3)cc1. The van der Waals surface area contributed by atoms with Crippen molar-refractivity contribution in [2.24, 2.45) is 17.3 Å². The Bertz CT molecular complexity index is 1130. The molecule has 7 rings (SSSR count). The molecule has 0 radical (unpaired) electrons. The van der Waals surface area contributed by atoms with E-state index in [1.165, 1.54) is 23.8 Å². The number of furan rings is 1. The summed E-state index contributed by atoms with van der Waals surface area (Å²) in [6.07, 6.45) is 7.60. The highest BCUT2D eigenvalue weighted by Gasteiger charge is 2.61. The molecule has 2 aromatic rings. The first kappa shape index (κ1) is 23.3. The quantitative estimate of drug-likeness (QED) is 0.593. The van der Waals surface area contributed by atoms with Gasteiger partial charge in [-0.05, 0) is 80.4 Å². The summed E-state index contributed by atoms with van der Waals surface area (Å²) in [7, 11) is 0. The molecule has 4 bridgehead atoms. The fraction of sp³-hybridized carbons (Fsp3) is 0.552. The van der Waals surface area contributed by atoms with Crippen LogP contribution in [0.4, 0.5) is 0 Å². The first-order chi connectivity index (χ1) is 17.4. The molecular weight excluding hydrogens is 456 g/mol. The second-order valence-electron chi connectivity index (χ2n) is 11.6.